The van der Waals surface area contributed by atoms with Gasteiger partial charge in [0.1, 0.15) is 5.54 Å². The smallest absolute Gasteiger partial charge is 0.329 e. The molecule has 1 aromatic rings. The van der Waals surface area contributed by atoms with Gasteiger partial charge in [0.2, 0.25) is 0 Å². The Bertz CT molecular complexity index is 502. The standard InChI is InChI=1S/C14H22N4O3/c1-3-14(12(19)20)5-4-7-18(14)13(21)16-11(2)9-17-8-6-15-10-17/h6,8,10-11H,3-5,7,9H2,1-2H3,(H,16,21)(H,19,20). The third kappa shape index (κ3) is 3.01. The molecule has 116 valence electrons. The van der Waals surface area contributed by atoms with Gasteiger partial charge in [-0.25, -0.2) is 14.6 Å². The quantitative estimate of drug-likeness (QED) is 0.857. The topological polar surface area (TPSA) is 87.5 Å². The number of hydrogen-bond donors (Lipinski definition) is 2. The van der Waals surface area contributed by atoms with Gasteiger partial charge in [0, 0.05) is 31.5 Å². The predicted octanol–water partition coefficient (Wildman–Crippen LogP) is 1.31. The van der Waals surface area contributed by atoms with Crippen molar-refractivity contribution in [1.29, 1.82) is 0 Å². The van der Waals surface area contributed by atoms with Gasteiger partial charge in [-0.2, -0.15) is 0 Å². The number of aliphatic carboxylic acids is 1. The van der Waals surface area contributed by atoms with E-state index in [-0.39, 0.29) is 12.1 Å². The Morgan fingerprint density at radius 2 is 2.29 bits per heavy atom. The lowest BCUT2D eigenvalue weighted by molar-refractivity contribution is -0.148. The van der Waals surface area contributed by atoms with Gasteiger partial charge in [0.25, 0.3) is 0 Å². The maximum absolute atomic E-state index is 12.4. The molecule has 1 aromatic heterocycles. The molecule has 7 nitrogen and oxygen atoms in total. The van der Waals surface area contributed by atoms with Gasteiger partial charge in [0.15, 0.2) is 0 Å². The lowest BCUT2D eigenvalue weighted by atomic mass is 9.93. The average molecular weight is 294 g/mol. The second kappa shape index (κ2) is 6.15. The minimum atomic E-state index is -1.06. The van der Waals surface area contributed by atoms with Crippen LogP contribution in [0.5, 0.6) is 0 Å². The van der Waals surface area contributed by atoms with Crippen molar-refractivity contribution in [2.24, 2.45) is 0 Å². The first-order chi connectivity index (χ1) is 9.99. The molecule has 2 heterocycles. The molecule has 1 saturated heterocycles. The first kappa shape index (κ1) is 15.3. The number of nitrogens with one attached hydrogen (secondary N) is 1. The zero-order valence-electron chi connectivity index (χ0n) is 12.5. The molecule has 0 saturated carbocycles. The molecule has 21 heavy (non-hydrogen) atoms. The number of urea groups is 1. The molecule has 1 aliphatic heterocycles. The summed E-state index contributed by atoms with van der Waals surface area (Å²) in [5.41, 5.74) is -1.06. The molecular formula is C14H22N4O3. The van der Waals surface area contributed by atoms with Crippen LogP contribution in [0, 0.1) is 0 Å². The van der Waals surface area contributed by atoms with E-state index < -0.39 is 11.5 Å². The molecular weight excluding hydrogens is 272 g/mol. The Labute approximate surface area is 124 Å². The molecule has 0 radical (unpaired) electrons. The third-order valence-electron chi connectivity index (χ3n) is 4.13. The van der Waals surface area contributed by atoms with Gasteiger partial charge in [-0.1, -0.05) is 6.92 Å². The lowest BCUT2D eigenvalue weighted by Crippen LogP contribution is -2.57. The van der Waals surface area contributed by atoms with Crippen molar-refractivity contribution in [1.82, 2.24) is 19.8 Å². The summed E-state index contributed by atoms with van der Waals surface area (Å²) < 4.78 is 1.87. The summed E-state index contributed by atoms with van der Waals surface area (Å²) >= 11 is 0. The van der Waals surface area contributed by atoms with Crippen LogP contribution in [-0.4, -0.2) is 49.7 Å². The second-order valence-corrected chi connectivity index (χ2v) is 5.56. The van der Waals surface area contributed by atoms with E-state index in [0.717, 1.165) is 6.42 Å². The number of nitrogens with zero attached hydrogens (tertiary/aromatic N) is 3. The van der Waals surface area contributed by atoms with Crippen molar-refractivity contribution < 1.29 is 14.7 Å². The van der Waals surface area contributed by atoms with Gasteiger partial charge in [-0.15, -0.1) is 0 Å². The second-order valence-electron chi connectivity index (χ2n) is 5.56. The van der Waals surface area contributed by atoms with E-state index in [1.165, 1.54) is 4.90 Å². The number of amides is 2. The zero-order valence-corrected chi connectivity index (χ0v) is 12.5. The highest BCUT2D eigenvalue weighted by Gasteiger charge is 2.48. The maximum Gasteiger partial charge on any atom is 0.329 e. The van der Waals surface area contributed by atoms with Crippen LogP contribution >= 0.6 is 0 Å². The van der Waals surface area contributed by atoms with Gasteiger partial charge in [-0.05, 0) is 26.2 Å². The molecule has 2 rings (SSSR count). The first-order valence-corrected chi connectivity index (χ1v) is 7.27. The lowest BCUT2D eigenvalue weighted by Gasteiger charge is -2.34. The number of carbonyl (C=O) groups excluding carboxylic acids is 1. The van der Waals surface area contributed by atoms with E-state index in [0.29, 0.717) is 25.9 Å². The number of hydrogen-bond acceptors (Lipinski definition) is 3. The Hall–Kier alpha value is -2.05. The van der Waals surface area contributed by atoms with Crippen molar-refractivity contribution in [2.75, 3.05) is 6.54 Å². The summed E-state index contributed by atoms with van der Waals surface area (Å²) in [7, 11) is 0. The molecule has 1 aliphatic rings. The van der Waals surface area contributed by atoms with E-state index >= 15 is 0 Å². The maximum atomic E-state index is 12.4. The normalized spacial score (nSPS) is 23.0. The van der Waals surface area contributed by atoms with E-state index in [9.17, 15) is 14.7 Å². The summed E-state index contributed by atoms with van der Waals surface area (Å²) in [4.78, 5) is 29.4. The molecule has 2 amide bonds. The van der Waals surface area contributed by atoms with Crippen LogP contribution in [-0.2, 0) is 11.3 Å². The van der Waals surface area contributed by atoms with Crippen LogP contribution in [0.3, 0.4) is 0 Å². The zero-order chi connectivity index (χ0) is 15.5. The SMILES string of the molecule is CCC1(C(=O)O)CCCN1C(=O)NC(C)Cn1ccnc1. The molecule has 0 bridgehead atoms. The summed E-state index contributed by atoms with van der Waals surface area (Å²) in [5.74, 6) is -0.917. The molecule has 0 aromatic carbocycles. The van der Waals surface area contributed by atoms with E-state index in [2.05, 4.69) is 10.3 Å². The highest BCUT2D eigenvalue weighted by Crippen LogP contribution is 2.32. The Morgan fingerprint density at radius 1 is 1.52 bits per heavy atom. The molecule has 0 spiro atoms. The van der Waals surface area contributed by atoms with Crippen molar-refractivity contribution in [3.05, 3.63) is 18.7 Å². The molecule has 1 fully saturated rings. The first-order valence-electron chi connectivity index (χ1n) is 7.27. The molecule has 7 heteroatoms. The molecule has 0 aliphatic carbocycles. The number of carboxylic acid groups (broad SMARTS) is 1. The fourth-order valence-electron chi connectivity index (χ4n) is 2.96. The Kier molecular flexibility index (Phi) is 4.50. The van der Waals surface area contributed by atoms with Crippen molar-refractivity contribution in [3.8, 4) is 0 Å². The van der Waals surface area contributed by atoms with Gasteiger partial charge >= 0.3 is 12.0 Å². The number of carbonyl (C=O) groups is 2. The van der Waals surface area contributed by atoms with Gasteiger partial charge in [-0.3, -0.25) is 0 Å². The van der Waals surface area contributed by atoms with Gasteiger partial charge in [0.05, 0.1) is 6.33 Å². The number of likely N-dealkylation sites (tertiary alicyclic amines) is 1. The molecule has 2 atom stereocenters. The number of rotatable bonds is 5. The number of aromatic nitrogens is 2. The predicted molar refractivity (Wildman–Crippen MR) is 76.8 cm³/mol. The van der Waals surface area contributed by atoms with Crippen molar-refractivity contribution in [2.45, 2.75) is 51.2 Å². The van der Waals surface area contributed by atoms with Crippen LogP contribution in [0.2, 0.25) is 0 Å². The van der Waals surface area contributed by atoms with E-state index in [1.807, 2.05) is 24.6 Å². The van der Waals surface area contributed by atoms with Crippen LogP contribution < -0.4 is 5.32 Å². The highest BCUT2D eigenvalue weighted by atomic mass is 16.4. The van der Waals surface area contributed by atoms with Gasteiger partial charge < -0.3 is 19.9 Å². The molecule has 2 N–H and O–H groups in total. The van der Waals surface area contributed by atoms with E-state index in [4.69, 9.17) is 0 Å². The summed E-state index contributed by atoms with van der Waals surface area (Å²) in [5, 5.41) is 12.4. The largest absolute Gasteiger partial charge is 0.479 e. The third-order valence-corrected chi connectivity index (χ3v) is 4.13. The summed E-state index contributed by atoms with van der Waals surface area (Å²) in [6, 6.07) is -0.403. The van der Waals surface area contributed by atoms with Crippen LogP contribution in [0.25, 0.3) is 0 Å². The molecule has 2 unspecified atom stereocenters. The number of carboxylic acids is 1. The van der Waals surface area contributed by atoms with Crippen LogP contribution in [0.15, 0.2) is 18.7 Å². The number of imidazole rings is 1. The summed E-state index contributed by atoms with van der Waals surface area (Å²) in [6.07, 6.45) is 6.86. The Balaban J connectivity index is 2.00. The highest BCUT2D eigenvalue weighted by molar-refractivity contribution is 5.87. The Morgan fingerprint density at radius 3 is 2.86 bits per heavy atom. The fraction of sp³-hybridized carbons (Fsp3) is 0.643. The monoisotopic (exact) mass is 294 g/mol. The van der Waals surface area contributed by atoms with E-state index in [1.54, 1.807) is 12.5 Å². The van der Waals surface area contributed by atoms with Crippen LogP contribution in [0.4, 0.5) is 4.79 Å². The van der Waals surface area contributed by atoms with Crippen molar-refractivity contribution >= 4 is 12.0 Å². The minimum absolute atomic E-state index is 0.101. The summed E-state index contributed by atoms with van der Waals surface area (Å²) in [6.45, 7) is 4.80. The van der Waals surface area contributed by atoms with Crippen LogP contribution in [0.1, 0.15) is 33.1 Å². The van der Waals surface area contributed by atoms with Crippen molar-refractivity contribution in [3.63, 3.8) is 0 Å². The fourth-order valence-corrected chi connectivity index (χ4v) is 2.96. The average Bonchev–Trinajstić information content (AvgIpc) is 3.06. The minimum Gasteiger partial charge on any atom is -0.479 e.